The van der Waals surface area contributed by atoms with Gasteiger partial charge in [-0.1, -0.05) is 12.1 Å². The Morgan fingerprint density at radius 3 is 2.67 bits per heavy atom. The van der Waals surface area contributed by atoms with Crippen molar-refractivity contribution < 1.29 is 4.79 Å². The van der Waals surface area contributed by atoms with E-state index >= 15 is 0 Å². The fraction of sp³-hybridized carbons (Fsp3) is 0.333. The fourth-order valence-electron chi connectivity index (χ4n) is 1.88. The quantitative estimate of drug-likeness (QED) is 0.853. The molecule has 0 aliphatic rings. The van der Waals surface area contributed by atoms with Crippen molar-refractivity contribution in [3.63, 3.8) is 0 Å². The molecule has 0 radical (unpaired) electrons. The van der Waals surface area contributed by atoms with E-state index in [1.54, 1.807) is 10.9 Å². The molecule has 5 nitrogen and oxygen atoms in total. The highest BCUT2D eigenvalue weighted by molar-refractivity contribution is 5.85. The molecule has 0 aliphatic carbocycles. The fourth-order valence-corrected chi connectivity index (χ4v) is 1.88. The van der Waals surface area contributed by atoms with Gasteiger partial charge in [-0.05, 0) is 37.1 Å². The average Bonchev–Trinajstić information content (AvgIpc) is 2.93. The van der Waals surface area contributed by atoms with Crippen molar-refractivity contribution >= 4 is 18.3 Å². The van der Waals surface area contributed by atoms with E-state index in [2.05, 4.69) is 10.4 Å². The molecule has 1 aromatic carbocycles. The third-order valence-electron chi connectivity index (χ3n) is 2.99. The van der Waals surface area contributed by atoms with Gasteiger partial charge >= 0.3 is 0 Å². The van der Waals surface area contributed by atoms with Crippen molar-refractivity contribution in [3.8, 4) is 5.69 Å². The number of halogens is 1. The second-order valence-corrected chi connectivity index (χ2v) is 4.91. The number of hydrogen-bond donors (Lipinski definition) is 2. The smallest absolute Gasteiger partial charge is 0.224 e. The molecule has 1 heterocycles. The van der Waals surface area contributed by atoms with Crippen molar-refractivity contribution in [1.82, 2.24) is 15.1 Å². The topological polar surface area (TPSA) is 72.9 Å². The van der Waals surface area contributed by atoms with Crippen LogP contribution in [0.5, 0.6) is 0 Å². The van der Waals surface area contributed by atoms with Crippen LogP contribution in [0.3, 0.4) is 0 Å². The maximum absolute atomic E-state index is 11.7. The molecule has 0 saturated carbocycles. The SMILES string of the molecule is CC(N)CCNC(=O)Cc1ccc(-n2cccn2)cc1.Cl. The summed E-state index contributed by atoms with van der Waals surface area (Å²) < 4.78 is 1.78. The zero-order valence-corrected chi connectivity index (χ0v) is 12.8. The Kier molecular flexibility index (Phi) is 6.91. The predicted molar refractivity (Wildman–Crippen MR) is 85.8 cm³/mol. The maximum Gasteiger partial charge on any atom is 0.224 e. The van der Waals surface area contributed by atoms with Gasteiger partial charge in [0, 0.05) is 25.0 Å². The summed E-state index contributed by atoms with van der Waals surface area (Å²) in [6, 6.07) is 9.79. The van der Waals surface area contributed by atoms with E-state index in [9.17, 15) is 4.79 Å². The second-order valence-electron chi connectivity index (χ2n) is 4.91. The molecule has 0 saturated heterocycles. The molecule has 1 aromatic heterocycles. The summed E-state index contributed by atoms with van der Waals surface area (Å²) in [4.78, 5) is 11.7. The van der Waals surface area contributed by atoms with Crippen molar-refractivity contribution in [2.75, 3.05) is 6.54 Å². The Labute approximate surface area is 130 Å². The minimum absolute atomic E-state index is 0. The van der Waals surface area contributed by atoms with E-state index in [4.69, 9.17) is 5.73 Å². The zero-order chi connectivity index (χ0) is 14.4. The lowest BCUT2D eigenvalue weighted by Gasteiger charge is -2.08. The van der Waals surface area contributed by atoms with Crippen molar-refractivity contribution in [1.29, 1.82) is 0 Å². The molecule has 114 valence electrons. The molecule has 1 unspecified atom stereocenters. The number of carbonyl (C=O) groups is 1. The van der Waals surface area contributed by atoms with Gasteiger partial charge < -0.3 is 11.1 Å². The highest BCUT2D eigenvalue weighted by Crippen LogP contribution is 2.09. The van der Waals surface area contributed by atoms with Gasteiger partial charge in [0.2, 0.25) is 5.91 Å². The van der Waals surface area contributed by atoms with Crippen LogP contribution in [0.15, 0.2) is 42.7 Å². The summed E-state index contributed by atoms with van der Waals surface area (Å²) in [5.74, 6) is 0.0255. The lowest BCUT2D eigenvalue weighted by Crippen LogP contribution is -2.29. The van der Waals surface area contributed by atoms with Gasteiger partial charge in [-0.15, -0.1) is 12.4 Å². The van der Waals surface area contributed by atoms with Gasteiger partial charge in [0.05, 0.1) is 12.1 Å². The molecule has 0 fully saturated rings. The molecule has 3 N–H and O–H groups in total. The summed E-state index contributed by atoms with van der Waals surface area (Å²) >= 11 is 0. The number of nitrogens with zero attached hydrogens (tertiary/aromatic N) is 2. The zero-order valence-electron chi connectivity index (χ0n) is 12.0. The second kappa shape index (κ2) is 8.44. The first-order valence-electron chi connectivity index (χ1n) is 6.76. The number of carbonyl (C=O) groups excluding carboxylic acids is 1. The lowest BCUT2D eigenvalue weighted by atomic mass is 10.1. The van der Waals surface area contributed by atoms with Crippen LogP contribution in [0.1, 0.15) is 18.9 Å². The Bertz CT molecular complexity index is 537. The number of nitrogens with one attached hydrogen (secondary N) is 1. The summed E-state index contributed by atoms with van der Waals surface area (Å²) in [7, 11) is 0. The molecule has 1 atom stereocenters. The standard InChI is InChI=1S/C15H20N4O.ClH/c1-12(16)7-9-17-15(20)11-13-3-5-14(6-4-13)19-10-2-8-18-19;/h2-6,8,10,12H,7,9,11,16H2,1H3,(H,17,20);1H. The molecule has 0 spiro atoms. The van der Waals surface area contributed by atoms with Crippen molar-refractivity contribution in [3.05, 3.63) is 48.3 Å². The number of aromatic nitrogens is 2. The normalized spacial score (nSPS) is 11.5. The molecule has 1 amide bonds. The van der Waals surface area contributed by atoms with E-state index in [0.717, 1.165) is 17.7 Å². The first-order chi connectivity index (χ1) is 9.65. The van der Waals surface area contributed by atoms with Crippen LogP contribution in [0.25, 0.3) is 5.69 Å². The predicted octanol–water partition coefficient (Wildman–Crippen LogP) is 1.69. The van der Waals surface area contributed by atoms with Crippen LogP contribution in [-0.2, 0) is 11.2 Å². The number of benzene rings is 1. The van der Waals surface area contributed by atoms with Gasteiger partial charge in [0.1, 0.15) is 0 Å². The summed E-state index contributed by atoms with van der Waals surface area (Å²) in [6.45, 7) is 2.56. The largest absolute Gasteiger partial charge is 0.356 e. The van der Waals surface area contributed by atoms with E-state index in [-0.39, 0.29) is 24.4 Å². The number of nitrogens with two attached hydrogens (primary N) is 1. The molecular formula is C15H21ClN4O. The highest BCUT2D eigenvalue weighted by atomic mass is 35.5. The minimum Gasteiger partial charge on any atom is -0.356 e. The van der Waals surface area contributed by atoms with Crippen LogP contribution in [-0.4, -0.2) is 28.3 Å². The molecular weight excluding hydrogens is 288 g/mol. The van der Waals surface area contributed by atoms with Crippen LogP contribution in [0.2, 0.25) is 0 Å². The lowest BCUT2D eigenvalue weighted by molar-refractivity contribution is -0.120. The Balaban J connectivity index is 0.00000220. The summed E-state index contributed by atoms with van der Waals surface area (Å²) in [5, 5.41) is 7.03. The summed E-state index contributed by atoms with van der Waals surface area (Å²) in [6.07, 6.45) is 4.80. The van der Waals surface area contributed by atoms with E-state index in [1.807, 2.05) is 43.5 Å². The van der Waals surface area contributed by atoms with Crippen LogP contribution in [0, 0.1) is 0 Å². The molecule has 2 rings (SSSR count). The van der Waals surface area contributed by atoms with Gasteiger partial charge in [0.15, 0.2) is 0 Å². The van der Waals surface area contributed by atoms with E-state index < -0.39 is 0 Å². The van der Waals surface area contributed by atoms with Crippen LogP contribution in [0.4, 0.5) is 0 Å². The molecule has 0 bridgehead atoms. The van der Waals surface area contributed by atoms with E-state index in [1.165, 1.54) is 0 Å². The monoisotopic (exact) mass is 308 g/mol. The Hall–Kier alpha value is -1.85. The third-order valence-corrected chi connectivity index (χ3v) is 2.99. The Morgan fingerprint density at radius 2 is 2.10 bits per heavy atom. The molecule has 2 aromatic rings. The first kappa shape index (κ1) is 17.2. The number of rotatable bonds is 6. The van der Waals surface area contributed by atoms with Gasteiger partial charge in [-0.2, -0.15) is 5.10 Å². The average molecular weight is 309 g/mol. The van der Waals surface area contributed by atoms with E-state index in [0.29, 0.717) is 13.0 Å². The molecule has 21 heavy (non-hydrogen) atoms. The first-order valence-corrected chi connectivity index (χ1v) is 6.76. The van der Waals surface area contributed by atoms with Gasteiger partial charge in [0.25, 0.3) is 0 Å². The molecule has 6 heteroatoms. The highest BCUT2D eigenvalue weighted by Gasteiger charge is 2.04. The number of amides is 1. The minimum atomic E-state index is 0. The van der Waals surface area contributed by atoms with Gasteiger partial charge in [-0.25, -0.2) is 4.68 Å². The van der Waals surface area contributed by atoms with Crippen molar-refractivity contribution in [2.45, 2.75) is 25.8 Å². The number of hydrogen-bond acceptors (Lipinski definition) is 3. The molecule has 0 aliphatic heterocycles. The Morgan fingerprint density at radius 1 is 1.38 bits per heavy atom. The van der Waals surface area contributed by atoms with Crippen LogP contribution < -0.4 is 11.1 Å². The van der Waals surface area contributed by atoms with Crippen LogP contribution >= 0.6 is 12.4 Å². The van der Waals surface area contributed by atoms with Gasteiger partial charge in [-0.3, -0.25) is 4.79 Å². The van der Waals surface area contributed by atoms with Crippen molar-refractivity contribution in [2.24, 2.45) is 5.73 Å². The third kappa shape index (κ3) is 5.57. The summed E-state index contributed by atoms with van der Waals surface area (Å²) in [5.41, 5.74) is 7.60. The maximum atomic E-state index is 11.7.